The molecule has 5 heteroatoms. The van der Waals surface area contributed by atoms with Gasteiger partial charge in [-0.05, 0) is 18.2 Å². The zero-order chi connectivity index (χ0) is 11.7. The molecule has 2 aromatic rings. The monoisotopic (exact) mass is 232 g/mol. The normalized spacial score (nSPS) is 10.0. The van der Waals surface area contributed by atoms with Crippen LogP contribution in [-0.4, -0.2) is 16.1 Å². The third kappa shape index (κ3) is 1.58. The highest BCUT2D eigenvalue weighted by Crippen LogP contribution is 2.26. The molecule has 0 aliphatic rings. The topological polar surface area (TPSA) is 74.0 Å². The Bertz CT molecular complexity index is 632. The highest BCUT2D eigenvalue weighted by atomic mass is 35.5. The van der Waals surface area contributed by atoms with Gasteiger partial charge in [0.05, 0.1) is 27.7 Å². The summed E-state index contributed by atoms with van der Waals surface area (Å²) in [7, 11) is 0. The Balaban J connectivity index is 2.78. The van der Waals surface area contributed by atoms with E-state index < -0.39 is 5.97 Å². The van der Waals surface area contributed by atoms with Gasteiger partial charge in [0.2, 0.25) is 0 Å². The third-order valence-electron chi connectivity index (χ3n) is 2.16. The number of nitriles is 1. The van der Waals surface area contributed by atoms with E-state index in [0.29, 0.717) is 16.5 Å². The summed E-state index contributed by atoms with van der Waals surface area (Å²) in [6.45, 7) is 0. The molecule has 1 N–H and O–H groups in total. The van der Waals surface area contributed by atoms with Crippen molar-refractivity contribution in [3.05, 3.63) is 40.5 Å². The van der Waals surface area contributed by atoms with E-state index in [0.717, 1.165) is 0 Å². The maximum atomic E-state index is 10.8. The summed E-state index contributed by atoms with van der Waals surface area (Å²) >= 11 is 5.93. The average molecular weight is 233 g/mol. The van der Waals surface area contributed by atoms with E-state index in [1.807, 2.05) is 6.07 Å². The van der Waals surface area contributed by atoms with Gasteiger partial charge < -0.3 is 5.11 Å². The second-order valence-electron chi connectivity index (χ2n) is 3.13. The summed E-state index contributed by atoms with van der Waals surface area (Å²) in [5.41, 5.74) is 0.923. The number of carbonyl (C=O) groups is 1. The SMILES string of the molecule is N#Cc1ccc2c(Cl)c(C(=O)O)cnc2c1. The number of aromatic carboxylic acids is 1. The molecule has 0 unspecified atom stereocenters. The Morgan fingerprint density at radius 3 is 2.88 bits per heavy atom. The lowest BCUT2D eigenvalue weighted by Gasteiger charge is -2.03. The fraction of sp³-hybridized carbons (Fsp3) is 0. The van der Waals surface area contributed by atoms with Crippen LogP contribution in [0.25, 0.3) is 10.9 Å². The van der Waals surface area contributed by atoms with E-state index in [2.05, 4.69) is 4.98 Å². The Morgan fingerprint density at radius 2 is 2.25 bits per heavy atom. The summed E-state index contributed by atoms with van der Waals surface area (Å²) in [5, 5.41) is 18.2. The van der Waals surface area contributed by atoms with E-state index in [4.69, 9.17) is 22.0 Å². The van der Waals surface area contributed by atoms with Crippen LogP contribution in [0.5, 0.6) is 0 Å². The number of halogens is 1. The molecule has 16 heavy (non-hydrogen) atoms. The number of pyridine rings is 1. The highest BCUT2D eigenvalue weighted by Gasteiger charge is 2.12. The van der Waals surface area contributed by atoms with Gasteiger partial charge >= 0.3 is 5.97 Å². The molecular formula is C11H5ClN2O2. The number of carboxylic acids is 1. The van der Waals surface area contributed by atoms with Crippen LogP contribution in [0, 0.1) is 11.3 Å². The lowest BCUT2D eigenvalue weighted by Crippen LogP contribution is -1.99. The van der Waals surface area contributed by atoms with Crippen LogP contribution in [0.1, 0.15) is 15.9 Å². The zero-order valence-electron chi connectivity index (χ0n) is 7.94. The molecule has 0 fully saturated rings. The fourth-order valence-electron chi connectivity index (χ4n) is 1.38. The van der Waals surface area contributed by atoms with Crippen molar-refractivity contribution >= 4 is 28.5 Å². The van der Waals surface area contributed by atoms with Crippen LogP contribution in [0.2, 0.25) is 5.02 Å². The van der Waals surface area contributed by atoms with Gasteiger partial charge in [0.1, 0.15) is 0 Å². The number of rotatable bonds is 1. The molecule has 0 saturated heterocycles. The van der Waals surface area contributed by atoms with Gasteiger partial charge in [-0.1, -0.05) is 11.6 Å². The van der Waals surface area contributed by atoms with Gasteiger partial charge in [-0.2, -0.15) is 5.26 Å². The number of aromatic nitrogens is 1. The molecule has 1 aromatic carbocycles. The second-order valence-corrected chi connectivity index (χ2v) is 3.51. The molecule has 2 rings (SSSR count). The first-order valence-electron chi connectivity index (χ1n) is 4.35. The van der Waals surface area contributed by atoms with Crippen molar-refractivity contribution in [2.45, 2.75) is 0 Å². The lowest BCUT2D eigenvalue weighted by atomic mass is 10.1. The number of nitrogens with zero attached hydrogens (tertiary/aromatic N) is 2. The van der Waals surface area contributed by atoms with E-state index in [-0.39, 0.29) is 10.6 Å². The van der Waals surface area contributed by atoms with Crippen LogP contribution in [0.15, 0.2) is 24.4 Å². The molecule has 0 atom stereocenters. The molecule has 4 nitrogen and oxygen atoms in total. The Morgan fingerprint density at radius 1 is 1.50 bits per heavy atom. The Hall–Kier alpha value is -2.12. The molecular weight excluding hydrogens is 228 g/mol. The largest absolute Gasteiger partial charge is 0.478 e. The quantitative estimate of drug-likeness (QED) is 0.820. The third-order valence-corrected chi connectivity index (χ3v) is 2.57. The van der Waals surface area contributed by atoms with Crippen molar-refractivity contribution in [1.82, 2.24) is 4.98 Å². The Kier molecular flexibility index (Phi) is 2.47. The second kappa shape index (κ2) is 3.80. The first-order chi connectivity index (χ1) is 7.63. The summed E-state index contributed by atoms with van der Waals surface area (Å²) in [6, 6.07) is 6.70. The maximum Gasteiger partial charge on any atom is 0.338 e. The van der Waals surface area contributed by atoms with Crippen molar-refractivity contribution in [2.75, 3.05) is 0 Å². The predicted octanol–water partition coefficient (Wildman–Crippen LogP) is 2.46. The number of benzene rings is 1. The van der Waals surface area contributed by atoms with Gasteiger partial charge in [-0.3, -0.25) is 4.98 Å². The van der Waals surface area contributed by atoms with Crippen molar-refractivity contribution in [2.24, 2.45) is 0 Å². The summed E-state index contributed by atoms with van der Waals surface area (Å²) in [4.78, 5) is 14.8. The number of carboxylic acid groups (broad SMARTS) is 1. The van der Waals surface area contributed by atoms with Crippen molar-refractivity contribution in [3.63, 3.8) is 0 Å². The molecule has 78 valence electrons. The van der Waals surface area contributed by atoms with E-state index in [1.165, 1.54) is 6.20 Å². The molecule has 1 heterocycles. The lowest BCUT2D eigenvalue weighted by molar-refractivity contribution is 0.0697. The van der Waals surface area contributed by atoms with E-state index >= 15 is 0 Å². The van der Waals surface area contributed by atoms with Crippen molar-refractivity contribution in [3.8, 4) is 6.07 Å². The summed E-state index contributed by atoms with van der Waals surface area (Å²) in [5.74, 6) is -1.12. The molecule has 0 amide bonds. The Labute approximate surface area is 95.7 Å². The van der Waals surface area contributed by atoms with Crippen LogP contribution >= 0.6 is 11.6 Å². The van der Waals surface area contributed by atoms with Crippen LogP contribution in [0.3, 0.4) is 0 Å². The molecule has 0 saturated carbocycles. The molecule has 0 aliphatic carbocycles. The average Bonchev–Trinajstić information content (AvgIpc) is 2.28. The molecule has 1 aromatic heterocycles. The molecule has 0 radical (unpaired) electrons. The zero-order valence-corrected chi connectivity index (χ0v) is 8.69. The number of fused-ring (bicyclic) bond motifs is 1. The van der Waals surface area contributed by atoms with Crippen LogP contribution < -0.4 is 0 Å². The minimum Gasteiger partial charge on any atom is -0.478 e. The van der Waals surface area contributed by atoms with Gasteiger partial charge in [-0.25, -0.2) is 4.79 Å². The first kappa shape index (κ1) is 10.4. The smallest absolute Gasteiger partial charge is 0.338 e. The molecule has 0 bridgehead atoms. The highest BCUT2D eigenvalue weighted by molar-refractivity contribution is 6.38. The van der Waals surface area contributed by atoms with Gasteiger partial charge in [0, 0.05) is 11.6 Å². The first-order valence-corrected chi connectivity index (χ1v) is 4.73. The van der Waals surface area contributed by atoms with Gasteiger partial charge in [-0.15, -0.1) is 0 Å². The fourth-order valence-corrected chi connectivity index (χ4v) is 1.67. The van der Waals surface area contributed by atoms with Crippen LogP contribution in [-0.2, 0) is 0 Å². The standard InChI is InChI=1S/C11H5ClN2O2/c12-10-7-2-1-6(4-13)3-9(7)14-5-8(10)11(15)16/h1-3,5H,(H,15,16). The minimum atomic E-state index is -1.12. The van der Waals surface area contributed by atoms with Gasteiger partial charge in [0.25, 0.3) is 0 Å². The van der Waals surface area contributed by atoms with E-state index in [9.17, 15) is 4.79 Å². The summed E-state index contributed by atoms with van der Waals surface area (Å²) in [6.07, 6.45) is 1.19. The molecule has 0 spiro atoms. The van der Waals surface area contributed by atoms with Crippen LogP contribution in [0.4, 0.5) is 0 Å². The maximum absolute atomic E-state index is 10.8. The summed E-state index contributed by atoms with van der Waals surface area (Å²) < 4.78 is 0. The molecule has 0 aliphatic heterocycles. The van der Waals surface area contributed by atoms with Gasteiger partial charge in [0.15, 0.2) is 0 Å². The predicted molar refractivity (Wildman–Crippen MR) is 58.4 cm³/mol. The van der Waals surface area contributed by atoms with Crippen molar-refractivity contribution in [1.29, 1.82) is 5.26 Å². The number of hydrogen-bond donors (Lipinski definition) is 1. The number of hydrogen-bond acceptors (Lipinski definition) is 3. The van der Waals surface area contributed by atoms with E-state index in [1.54, 1.807) is 18.2 Å². The van der Waals surface area contributed by atoms with Crippen molar-refractivity contribution < 1.29 is 9.90 Å². The minimum absolute atomic E-state index is 0.0427.